The summed E-state index contributed by atoms with van der Waals surface area (Å²) in [5.41, 5.74) is -1.28. The number of carbonyl (C=O) groups is 1. The van der Waals surface area contributed by atoms with Crippen LogP contribution in [0.4, 0.5) is 23.7 Å². The number of nitrogens with one attached hydrogen (secondary N) is 2. The van der Waals surface area contributed by atoms with Gasteiger partial charge in [0.2, 0.25) is 0 Å². The highest BCUT2D eigenvalue weighted by Crippen LogP contribution is 2.36. The zero-order valence-corrected chi connectivity index (χ0v) is 11.0. The third-order valence-electron chi connectivity index (χ3n) is 2.35. The monoisotopic (exact) mass is 294 g/mol. The van der Waals surface area contributed by atoms with E-state index in [4.69, 9.17) is 11.6 Å². The Balaban J connectivity index is 2.80. The predicted octanol–water partition coefficient (Wildman–Crippen LogP) is 4.28. The molecular formula is C12H14ClF3N2O. The van der Waals surface area contributed by atoms with Gasteiger partial charge in [-0.05, 0) is 24.6 Å². The highest BCUT2D eigenvalue weighted by molar-refractivity contribution is 6.30. The molecule has 0 fully saturated rings. The summed E-state index contributed by atoms with van der Waals surface area (Å²) < 4.78 is 38.3. The maximum atomic E-state index is 12.8. The number of alkyl halides is 3. The van der Waals surface area contributed by atoms with Gasteiger partial charge in [-0.2, -0.15) is 13.2 Å². The van der Waals surface area contributed by atoms with E-state index in [0.29, 0.717) is 6.54 Å². The highest BCUT2D eigenvalue weighted by atomic mass is 35.5. The molecular weight excluding hydrogens is 281 g/mol. The van der Waals surface area contributed by atoms with Crippen molar-refractivity contribution in [1.29, 1.82) is 0 Å². The largest absolute Gasteiger partial charge is 0.418 e. The van der Waals surface area contributed by atoms with Crippen LogP contribution in [0.5, 0.6) is 0 Å². The molecule has 0 heterocycles. The van der Waals surface area contributed by atoms with Crippen molar-refractivity contribution in [2.24, 2.45) is 0 Å². The third kappa shape index (κ3) is 4.98. The van der Waals surface area contributed by atoms with Gasteiger partial charge in [-0.1, -0.05) is 24.9 Å². The topological polar surface area (TPSA) is 41.1 Å². The molecule has 2 amide bonds. The summed E-state index contributed by atoms with van der Waals surface area (Å²) in [5, 5.41) is 4.61. The fourth-order valence-electron chi connectivity index (χ4n) is 1.41. The van der Waals surface area contributed by atoms with Crippen molar-refractivity contribution in [2.75, 3.05) is 11.9 Å². The summed E-state index contributed by atoms with van der Waals surface area (Å²) in [6.07, 6.45) is -2.92. The molecule has 0 spiro atoms. The second-order valence-electron chi connectivity index (χ2n) is 3.92. The molecule has 0 bridgehead atoms. The van der Waals surface area contributed by atoms with Crippen LogP contribution < -0.4 is 10.6 Å². The predicted molar refractivity (Wildman–Crippen MR) is 68.4 cm³/mol. The van der Waals surface area contributed by atoms with Crippen LogP contribution in [0.3, 0.4) is 0 Å². The maximum absolute atomic E-state index is 12.8. The second kappa shape index (κ2) is 6.65. The number of rotatable bonds is 4. The maximum Gasteiger partial charge on any atom is 0.418 e. The Kier molecular flexibility index (Phi) is 5.47. The van der Waals surface area contributed by atoms with E-state index in [1.54, 1.807) is 0 Å². The Morgan fingerprint density at radius 1 is 1.37 bits per heavy atom. The number of carbonyl (C=O) groups excluding carboxylic acids is 1. The quantitative estimate of drug-likeness (QED) is 0.800. The normalized spacial score (nSPS) is 11.2. The van der Waals surface area contributed by atoms with E-state index >= 15 is 0 Å². The minimum atomic E-state index is -4.57. The Morgan fingerprint density at radius 3 is 2.63 bits per heavy atom. The number of hydrogen-bond acceptors (Lipinski definition) is 1. The summed E-state index contributed by atoms with van der Waals surface area (Å²) in [4.78, 5) is 11.4. The molecule has 1 aromatic carbocycles. The number of unbranched alkanes of at least 4 members (excludes halogenated alkanes) is 1. The van der Waals surface area contributed by atoms with Gasteiger partial charge in [-0.15, -0.1) is 0 Å². The van der Waals surface area contributed by atoms with Crippen molar-refractivity contribution < 1.29 is 18.0 Å². The summed E-state index contributed by atoms with van der Waals surface area (Å²) in [6, 6.07) is 2.54. The zero-order valence-electron chi connectivity index (χ0n) is 10.3. The lowest BCUT2D eigenvalue weighted by molar-refractivity contribution is -0.136. The Hall–Kier alpha value is -1.43. The fraction of sp³-hybridized carbons (Fsp3) is 0.417. The number of benzene rings is 1. The summed E-state index contributed by atoms with van der Waals surface area (Å²) in [5.74, 6) is 0. The van der Waals surface area contributed by atoms with Crippen LogP contribution in [0.1, 0.15) is 25.3 Å². The van der Waals surface area contributed by atoms with Gasteiger partial charge in [-0.25, -0.2) is 4.79 Å². The molecule has 0 aromatic heterocycles. The molecule has 0 saturated heterocycles. The molecule has 0 aliphatic carbocycles. The smallest absolute Gasteiger partial charge is 0.338 e. The lowest BCUT2D eigenvalue weighted by Crippen LogP contribution is -2.30. The first-order valence-electron chi connectivity index (χ1n) is 5.76. The second-order valence-corrected chi connectivity index (χ2v) is 4.36. The van der Waals surface area contributed by atoms with Gasteiger partial charge in [0.25, 0.3) is 0 Å². The van der Waals surface area contributed by atoms with Crippen LogP contribution in [-0.4, -0.2) is 12.6 Å². The molecule has 0 unspecified atom stereocenters. The van der Waals surface area contributed by atoms with Gasteiger partial charge < -0.3 is 10.6 Å². The van der Waals surface area contributed by atoms with E-state index in [9.17, 15) is 18.0 Å². The minimum absolute atomic E-state index is 0.0377. The standard InChI is InChI=1S/C12H14ClF3N2O/c1-2-3-6-17-11(19)18-10-5-4-8(13)7-9(10)12(14,15)16/h4-5,7H,2-3,6H2,1H3,(H2,17,18,19). The van der Waals surface area contributed by atoms with Crippen LogP contribution >= 0.6 is 11.6 Å². The Morgan fingerprint density at radius 2 is 2.05 bits per heavy atom. The number of amides is 2. The zero-order chi connectivity index (χ0) is 14.5. The summed E-state index contributed by atoms with van der Waals surface area (Å²) >= 11 is 5.53. The van der Waals surface area contributed by atoms with Gasteiger partial charge in [-0.3, -0.25) is 0 Å². The van der Waals surface area contributed by atoms with Gasteiger partial charge in [0.05, 0.1) is 11.3 Å². The first-order valence-corrected chi connectivity index (χ1v) is 6.14. The third-order valence-corrected chi connectivity index (χ3v) is 2.59. The van der Waals surface area contributed by atoms with E-state index in [2.05, 4.69) is 10.6 Å². The molecule has 0 atom stereocenters. The molecule has 7 heteroatoms. The van der Waals surface area contributed by atoms with E-state index in [0.717, 1.165) is 25.0 Å². The SMILES string of the molecule is CCCCNC(=O)Nc1ccc(Cl)cc1C(F)(F)F. The van der Waals surface area contributed by atoms with E-state index in [1.807, 2.05) is 6.92 Å². The fourth-order valence-corrected chi connectivity index (χ4v) is 1.58. The molecule has 0 aliphatic rings. The minimum Gasteiger partial charge on any atom is -0.338 e. The highest BCUT2D eigenvalue weighted by Gasteiger charge is 2.34. The lowest BCUT2D eigenvalue weighted by atomic mass is 10.1. The molecule has 19 heavy (non-hydrogen) atoms. The molecule has 0 saturated carbocycles. The molecule has 0 radical (unpaired) electrons. The number of hydrogen-bond donors (Lipinski definition) is 2. The Labute approximate surface area is 114 Å². The number of halogens is 4. The molecule has 0 aliphatic heterocycles. The molecule has 1 aromatic rings. The van der Waals surface area contributed by atoms with Crippen molar-refractivity contribution in [2.45, 2.75) is 25.9 Å². The van der Waals surface area contributed by atoms with Crippen LogP contribution in [-0.2, 0) is 6.18 Å². The lowest BCUT2D eigenvalue weighted by Gasteiger charge is -2.14. The molecule has 1 rings (SSSR count). The van der Waals surface area contributed by atoms with Crippen molar-refractivity contribution in [3.8, 4) is 0 Å². The van der Waals surface area contributed by atoms with E-state index < -0.39 is 17.8 Å². The average molecular weight is 295 g/mol. The molecule has 3 nitrogen and oxygen atoms in total. The van der Waals surface area contributed by atoms with Gasteiger partial charge in [0.1, 0.15) is 0 Å². The Bertz CT molecular complexity index is 449. The number of anilines is 1. The number of urea groups is 1. The van der Waals surface area contributed by atoms with Gasteiger partial charge in [0.15, 0.2) is 0 Å². The van der Waals surface area contributed by atoms with Crippen molar-refractivity contribution in [1.82, 2.24) is 5.32 Å². The summed E-state index contributed by atoms with van der Waals surface area (Å²) in [6.45, 7) is 2.36. The van der Waals surface area contributed by atoms with Gasteiger partial charge in [0, 0.05) is 11.6 Å². The van der Waals surface area contributed by atoms with Crippen LogP contribution in [0, 0.1) is 0 Å². The van der Waals surface area contributed by atoms with Crippen LogP contribution in [0.25, 0.3) is 0 Å². The van der Waals surface area contributed by atoms with E-state index in [-0.39, 0.29) is 10.7 Å². The van der Waals surface area contributed by atoms with Crippen molar-refractivity contribution in [3.63, 3.8) is 0 Å². The molecule has 106 valence electrons. The average Bonchev–Trinajstić information content (AvgIpc) is 2.30. The molecule has 2 N–H and O–H groups in total. The first kappa shape index (κ1) is 15.6. The van der Waals surface area contributed by atoms with Crippen LogP contribution in [0.15, 0.2) is 18.2 Å². The van der Waals surface area contributed by atoms with E-state index in [1.165, 1.54) is 6.07 Å². The van der Waals surface area contributed by atoms with Crippen LogP contribution in [0.2, 0.25) is 5.02 Å². The van der Waals surface area contributed by atoms with Crippen molar-refractivity contribution in [3.05, 3.63) is 28.8 Å². The van der Waals surface area contributed by atoms with Gasteiger partial charge >= 0.3 is 12.2 Å². The summed E-state index contributed by atoms with van der Waals surface area (Å²) in [7, 11) is 0. The first-order chi connectivity index (χ1) is 8.84. The van der Waals surface area contributed by atoms with Crippen molar-refractivity contribution >= 4 is 23.3 Å².